The van der Waals surface area contributed by atoms with Crippen LogP contribution in [0.1, 0.15) is 0 Å². The Kier molecular flexibility index (Phi) is 4.79. The Hall–Kier alpha value is -3.10. The summed E-state index contributed by atoms with van der Waals surface area (Å²) < 4.78 is 10.4. The molecule has 1 N–H and O–H groups in total. The van der Waals surface area contributed by atoms with Crippen molar-refractivity contribution in [2.24, 2.45) is 0 Å². The fourth-order valence-corrected chi connectivity index (χ4v) is 1.99. The molecule has 0 unspecified atom stereocenters. The van der Waals surface area contributed by atoms with Crippen molar-refractivity contribution in [1.29, 1.82) is 0 Å². The van der Waals surface area contributed by atoms with Crippen molar-refractivity contribution < 1.29 is 14.4 Å². The maximum absolute atomic E-state index is 11.4. The van der Waals surface area contributed by atoms with E-state index in [9.17, 15) is 10.1 Å². The summed E-state index contributed by atoms with van der Waals surface area (Å²) in [4.78, 5) is 20.4. The zero-order chi connectivity index (χ0) is 17.0. The van der Waals surface area contributed by atoms with E-state index in [0.29, 0.717) is 17.2 Å². The van der Waals surface area contributed by atoms with Crippen molar-refractivity contribution >= 4 is 23.0 Å². The zero-order valence-electron chi connectivity index (χ0n) is 13.2. The van der Waals surface area contributed by atoms with Crippen molar-refractivity contribution in [3.05, 3.63) is 34.6 Å². The minimum absolute atomic E-state index is 0.0807. The van der Waals surface area contributed by atoms with Gasteiger partial charge in [0.05, 0.1) is 24.8 Å². The number of hydrogen-bond donors (Lipinski definition) is 1. The molecule has 0 radical (unpaired) electrons. The molecule has 0 fully saturated rings. The summed E-state index contributed by atoms with van der Waals surface area (Å²) in [5.74, 6) is 1.37. The molecule has 0 amide bonds. The number of benzene rings is 1. The molecule has 1 aromatic carbocycles. The van der Waals surface area contributed by atoms with Crippen LogP contribution in [0.5, 0.6) is 11.5 Å². The molecule has 0 aliphatic carbocycles. The second-order valence-electron chi connectivity index (χ2n) is 4.74. The number of nitrogens with zero attached hydrogens (tertiary/aromatic N) is 4. The van der Waals surface area contributed by atoms with Gasteiger partial charge in [-0.1, -0.05) is 0 Å². The second kappa shape index (κ2) is 6.77. The fraction of sp³-hybridized carbons (Fsp3) is 0.286. The van der Waals surface area contributed by atoms with E-state index in [-0.39, 0.29) is 17.3 Å². The molecular formula is C14H17N5O4. The van der Waals surface area contributed by atoms with Crippen LogP contribution in [0.4, 0.5) is 23.0 Å². The van der Waals surface area contributed by atoms with Crippen LogP contribution in [-0.4, -0.2) is 43.2 Å². The van der Waals surface area contributed by atoms with E-state index in [1.54, 1.807) is 44.3 Å². The van der Waals surface area contributed by atoms with Gasteiger partial charge in [-0.15, -0.1) is 0 Å². The van der Waals surface area contributed by atoms with Gasteiger partial charge in [-0.3, -0.25) is 10.1 Å². The Bertz CT molecular complexity index is 720. The maximum atomic E-state index is 11.4. The number of ether oxygens (including phenoxy) is 2. The normalized spacial score (nSPS) is 10.1. The van der Waals surface area contributed by atoms with Gasteiger partial charge < -0.3 is 19.7 Å². The predicted octanol–water partition coefficient (Wildman–Crippen LogP) is 2.21. The van der Waals surface area contributed by atoms with Crippen molar-refractivity contribution in [2.45, 2.75) is 0 Å². The minimum atomic E-state index is -0.520. The molecule has 1 heterocycles. The Morgan fingerprint density at radius 2 is 1.96 bits per heavy atom. The van der Waals surface area contributed by atoms with Gasteiger partial charge in [0.2, 0.25) is 11.6 Å². The molecule has 2 rings (SSSR count). The standard InChI is InChI=1S/C14H17N5O4/c1-18(2)14-12(19(20)21)13(15-8-16-14)17-10-6-5-9(22-3)7-11(10)23-4/h5-8H,1-4H3,(H,15,16,17). The molecule has 1 aromatic heterocycles. The largest absolute Gasteiger partial charge is 0.497 e. The van der Waals surface area contributed by atoms with E-state index in [4.69, 9.17) is 9.47 Å². The number of methoxy groups -OCH3 is 2. The highest BCUT2D eigenvalue weighted by molar-refractivity contribution is 5.76. The van der Waals surface area contributed by atoms with Crippen molar-refractivity contribution in [1.82, 2.24) is 9.97 Å². The highest BCUT2D eigenvalue weighted by Gasteiger charge is 2.25. The lowest BCUT2D eigenvalue weighted by Crippen LogP contribution is -2.14. The first-order chi connectivity index (χ1) is 11.0. The fourth-order valence-electron chi connectivity index (χ4n) is 1.99. The molecule has 9 nitrogen and oxygen atoms in total. The number of nitro groups is 1. The molecular weight excluding hydrogens is 302 g/mol. The third-order valence-electron chi connectivity index (χ3n) is 3.07. The SMILES string of the molecule is COc1ccc(Nc2ncnc(N(C)C)c2[N+](=O)[O-])c(OC)c1. The lowest BCUT2D eigenvalue weighted by Gasteiger charge is -2.15. The molecule has 0 bridgehead atoms. The molecule has 2 aromatic rings. The van der Waals surface area contributed by atoms with Gasteiger partial charge in [0.1, 0.15) is 17.8 Å². The third-order valence-corrected chi connectivity index (χ3v) is 3.07. The first-order valence-corrected chi connectivity index (χ1v) is 6.63. The van der Waals surface area contributed by atoms with E-state index in [1.807, 2.05) is 0 Å². The Morgan fingerprint density at radius 1 is 1.22 bits per heavy atom. The van der Waals surface area contributed by atoms with Gasteiger partial charge in [-0.2, -0.15) is 0 Å². The number of nitrogens with one attached hydrogen (secondary N) is 1. The second-order valence-corrected chi connectivity index (χ2v) is 4.74. The van der Waals surface area contributed by atoms with Crippen molar-refractivity contribution in [2.75, 3.05) is 38.5 Å². The lowest BCUT2D eigenvalue weighted by atomic mass is 10.2. The highest BCUT2D eigenvalue weighted by atomic mass is 16.6. The van der Waals surface area contributed by atoms with Gasteiger partial charge in [-0.05, 0) is 12.1 Å². The summed E-state index contributed by atoms with van der Waals surface area (Å²) in [7, 11) is 6.39. The summed E-state index contributed by atoms with van der Waals surface area (Å²) >= 11 is 0. The quantitative estimate of drug-likeness (QED) is 0.638. The Balaban J connectivity index is 2.48. The summed E-state index contributed by atoms with van der Waals surface area (Å²) in [6.45, 7) is 0. The summed E-state index contributed by atoms with van der Waals surface area (Å²) in [6.07, 6.45) is 1.26. The molecule has 0 saturated heterocycles. The molecule has 0 atom stereocenters. The third kappa shape index (κ3) is 3.39. The monoisotopic (exact) mass is 319 g/mol. The minimum Gasteiger partial charge on any atom is -0.497 e. The van der Waals surface area contributed by atoms with Crippen LogP contribution < -0.4 is 19.7 Å². The lowest BCUT2D eigenvalue weighted by molar-refractivity contribution is -0.383. The first-order valence-electron chi connectivity index (χ1n) is 6.63. The number of rotatable bonds is 6. The van der Waals surface area contributed by atoms with E-state index < -0.39 is 4.92 Å². The zero-order valence-corrected chi connectivity index (χ0v) is 13.2. The average Bonchev–Trinajstić information content (AvgIpc) is 2.54. The summed E-state index contributed by atoms with van der Waals surface area (Å²) in [5, 5.41) is 14.3. The van der Waals surface area contributed by atoms with Crippen LogP contribution in [0.15, 0.2) is 24.5 Å². The van der Waals surface area contributed by atoms with Crippen LogP contribution >= 0.6 is 0 Å². The van der Waals surface area contributed by atoms with Gasteiger partial charge >= 0.3 is 5.69 Å². The number of anilines is 3. The van der Waals surface area contributed by atoms with E-state index in [2.05, 4.69) is 15.3 Å². The highest BCUT2D eigenvalue weighted by Crippen LogP contribution is 2.36. The first kappa shape index (κ1) is 16.3. The smallest absolute Gasteiger partial charge is 0.353 e. The molecule has 0 aliphatic heterocycles. The summed E-state index contributed by atoms with van der Waals surface area (Å²) in [5.41, 5.74) is 0.315. The van der Waals surface area contributed by atoms with Gasteiger partial charge in [-0.25, -0.2) is 9.97 Å². The van der Waals surface area contributed by atoms with Crippen LogP contribution in [-0.2, 0) is 0 Å². The van der Waals surface area contributed by atoms with Crippen molar-refractivity contribution in [3.8, 4) is 11.5 Å². The maximum Gasteiger partial charge on any atom is 0.353 e. The predicted molar refractivity (Wildman–Crippen MR) is 85.8 cm³/mol. The molecule has 0 saturated carbocycles. The average molecular weight is 319 g/mol. The van der Waals surface area contributed by atoms with Crippen molar-refractivity contribution in [3.63, 3.8) is 0 Å². The Labute approximate surface area is 133 Å². The van der Waals surface area contributed by atoms with E-state index in [0.717, 1.165) is 0 Å². The van der Waals surface area contributed by atoms with E-state index in [1.165, 1.54) is 13.4 Å². The number of hydrogen-bond acceptors (Lipinski definition) is 8. The van der Waals surface area contributed by atoms with Gasteiger partial charge in [0.25, 0.3) is 0 Å². The van der Waals surface area contributed by atoms with Gasteiger partial charge in [0.15, 0.2) is 0 Å². The van der Waals surface area contributed by atoms with Crippen LogP contribution in [0, 0.1) is 10.1 Å². The molecule has 122 valence electrons. The van der Waals surface area contributed by atoms with Gasteiger partial charge in [0, 0.05) is 20.2 Å². The van der Waals surface area contributed by atoms with Crippen LogP contribution in [0.2, 0.25) is 0 Å². The van der Waals surface area contributed by atoms with Crippen LogP contribution in [0.3, 0.4) is 0 Å². The van der Waals surface area contributed by atoms with Crippen LogP contribution in [0.25, 0.3) is 0 Å². The molecule has 0 spiro atoms. The number of aromatic nitrogens is 2. The Morgan fingerprint density at radius 3 is 2.52 bits per heavy atom. The molecule has 23 heavy (non-hydrogen) atoms. The molecule has 9 heteroatoms. The molecule has 0 aliphatic rings. The summed E-state index contributed by atoms with van der Waals surface area (Å²) in [6, 6.07) is 5.08. The van der Waals surface area contributed by atoms with E-state index >= 15 is 0 Å². The topological polar surface area (TPSA) is 103 Å².